The zero-order chi connectivity index (χ0) is 24.8. The molecule has 0 radical (unpaired) electrons. The van der Waals surface area contributed by atoms with Crippen LogP contribution in [-0.2, 0) is 16.0 Å². The van der Waals surface area contributed by atoms with E-state index in [1.807, 2.05) is 21.1 Å². The monoisotopic (exact) mass is 495 g/mol. The van der Waals surface area contributed by atoms with Crippen molar-refractivity contribution in [3.8, 4) is 0 Å². The van der Waals surface area contributed by atoms with Gasteiger partial charge in [0.2, 0.25) is 11.8 Å². The first kappa shape index (κ1) is 25.9. The van der Waals surface area contributed by atoms with Gasteiger partial charge in [0.05, 0.1) is 6.04 Å². The summed E-state index contributed by atoms with van der Waals surface area (Å²) in [6.45, 7) is 10.1. The van der Waals surface area contributed by atoms with E-state index in [2.05, 4.69) is 67.4 Å². The van der Waals surface area contributed by atoms with Gasteiger partial charge in [0, 0.05) is 56.0 Å². The third-order valence-electron chi connectivity index (χ3n) is 7.81. The molecular weight excluding hydrogens is 454 g/mol. The number of nitrogens with zero attached hydrogens (tertiary/aromatic N) is 3. The Hall–Kier alpha value is -2.18. The van der Waals surface area contributed by atoms with Gasteiger partial charge in [-0.15, -0.1) is 11.3 Å². The summed E-state index contributed by atoms with van der Waals surface area (Å²) in [5, 5.41) is 2.20. The molecule has 1 aromatic carbocycles. The van der Waals surface area contributed by atoms with Crippen LogP contribution in [0.3, 0.4) is 0 Å². The Kier molecular flexibility index (Phi) is 9.01. The fourth-order valence-electron chi connectivity index (χ4n) is 5.73. The minimum atomic E-state index is 0.0799. The quantitative estimate of drug-likeness (QED) is 0.470. The van der Waals surface area contributed by atoms with Crippen molar-refractivity contribution in [1.29, 1.82) is 0 Å². The van der Waals surface area contributed by atoms with Crippen molar-refractivity contribution in [2.45, 2.75) is 71.4 Å². The second kappa shape index (κ2) is 12.2. The highest BCUT2D eigenvalue weighted by molar-refractivity contribution is 7.10. The van der Waals surface area contributed by atoms with E-state index in [1.54, 1.807) is 0 Å². The summed E-state index contributed by atoms with van der Waals surface area (Å²) in [6.07, 6.45) is 5.68. The lowest BCUT2D eigenvalue weighted by atomic mass is 9.93. The van der Waals surface area contributed by atoms with E-state index in [0.717, 1.165) is 45.2 Å². The number of carbonyl (C=O) groups excluding carboxylic acids is 2. The SMILES string of the molecule is CCCC[C@H](CC)C(=O)N1CCN(C(=O)CCN2CCc3sccc3[C@H]2c2ccccc2)C[C@H]1C. The van der Waals surface area contributed by atoms with E-state index in [9.17, 15) is 9.59 Å². The number of carbonyl (C=O) groups is 2. The van der Waals surface area contributed by atoms with Crippen molar-refractivity contribution in [3.63, 3.8) is 0 Å². The van der Waals surface area contributed by atoms with Crippen LogP contribution < -0.4 is 0 Å². The Bertz CT molecular complexity index is 975. The highest BCUT2D eigenvalue weighted by Gasteiger charge is 2.34. The first-order chi connectivity index (χ1) is 17.0. The lowest BCUT2D eigenvalue weighted by Crippen LogP contribution is -2.56. The molecule has 5 nitrogen and oxygen atoms in total. The molecular formula is C29H41N3O2S. The van der Waals surface area contributed by atoms with E-state index in [-0.39, 0.29) is 29.8 Å². The second-order valence-electron chi connectivity index (χ2n) is 10.1. The molecule has 35 heavy (non-hydrogen) atoms. The average Bonchev–Trinajstić information content (AvgIpc) is 3.36. The maximum absolute atomic E-state index is 13.2. The second-order valence-corrected chi connectivity index (χ2v) is 11.1. The average molecular weight is 496 g/mol. The van der Waals surface area contributed by atoms with Crippen LogP contribution in [0.5, 0.6) is 0 Å². The molecule has 0 spiro atoms. The first-order valence-corrected chi connectivity index (χ1v) is 14.3. The Labute approximate surface area is 215 Å². The van der Waals surface area contributed by atoms with E-state index in [1.165, 1.54) is 16.0 Å². The molecule has 0 bridgehead atoms. The van der Waals surface area contributed by atoms with Crippen molar-refractivity contribution in [1.82, 2.24) is 14.7 Å². The third kappa shape index (κ3) is 5.97. The fraction of sp³-hybridized carbons (Fsp3) is 0.586. The number of rotatable bonds is 9. The summed E-state index contributed by atoms with van der Waals surface area (Å²) in [5.74, 6) is 0.617. The Morgan fingerprint density at radius 1 is 1.09 bits per heavy atom. The number of hydrogen-bond acceptors (Lipinski definition) is 4. The summed E-state index contributed by atoms with van der Waals surface area (Å²) < 4.78 is 0. The van der Waals surface area contributed by atoms with Crippen LogP contribution in [0, 0.1) is 5.92 Å². The molecule has 1 aromatic heterocycles. The largest absolute Gasteiger partial charge is 0.339 e. The van der Waals surface area contributed by atoms with E-state index >= 15 is 0 Å². The van der Waals surface area contributed by atoms with Crippen molar-refractivity contribution < 1.29 is 9.59 Å². The summed E-state index contributed by atoms with van der Waals surface area (Å²) >= 11 is 1.85. The van der Waals surface area contributed by atoms with Gasteiger partial charge in [-0.2, -0.15) is 0 Å². The van der Waals surface area contributed by atoms with Crippen molar-refractivity contribution >= 4 is 23.2 Å². The van der Waals surface area contributed by atoms with Crippen molar-refractivity contribution in [2.24, 2.45) is 5.92 Å². The molecule has 2 aromatic rings. The summed E-state index contributed by atoms with van der Waals surface area (Å²) in [7, 11) is 0. The molecule has 2 aliphatic rings. The van der Waals surface area contributed by atoms with Gasteiger partial charge < -0.3 is 9.80 Å². The lowest BCUT2D eigenvalue weighted by Gasteiger charge is -2.42. The predicted octanol–water partition coefficient (Wildman–Crippen LogP) is 5.36. The fourth-order valence-corrected chi connectivity index (χ4v) is 6.63. The molecule has 0 saturated carbocycles. The Balaban J connectivity index is 1.35. The molecule has 4 rings (SSSR count). The first-order valence-electron chi connectivity index (χ1n) is 13.5. The van der Waals surface area contributed by atoms with Gasteiger partial charge in [-0.25, -0.2) is 0 Å². The highest BCUT2D eigenvalue weighted by atomic mass is 32.1. The Morgan fingerprint density at radius 2 is 1.89 bits per heavy atom. The molecule has 6 heteroatoms. The smallest absolute Gasteiger partial charge is 0.226 e. The lowest BCUT2D eigenvalue weighted by molar-refractivity contribution is -0.145. The van der Waals surface area contributed by atoms with Gasteiger partial charge in [-0.05, 0) is 48.8 Å². The van der Waals surface area contributed by atoms with Gasteiger partial charge in [-0.3, -0.25) is 14.5 Å². The van der Waals surface area contributed by atoms with Gasteiger partial charge in [0.1, 0.15) is 0 Å². The predicted molar refractivity (Wildman–Crippen MR) is 144 cm³/mol. The number of fused-ring (bicyclic) bond motifs is 1. The zero-order valence-electron chi connectivity index (χ0n) is 21.6. The van der Waals surface area contributed by atoms with Gasteiger partial charge in [0.25, 0.3) is 0 Å². The molecule has 2 aliphatic heterocycles. The van der Waals surface area contributed by atoms with Crippen LogP contribution in [0.15, 0.2) is 41.8 Å². The van der Waals surface area contributed by atoms with Crippen LogP contribution >= 0.6 is 11.3 Å². The number of benzene rings is 1. The number of piperazine rings is 1. The minimum absolute atomic E-state index is 0.0799. The van der Waals surface area contributed by atoms with E-state index < -0.39 is 0 Å². The van der Waals surface area contributed by atoms with Crippen molar-refractivity contribution in [2.75, 3.05) is 32.7 Å². The molecule has 1 fully saturated rings. The molecule has 0 N–H and O–H groups in total. The Morgan fingerprint density at radius 3 is 2.60 bits per heavy atom. The molecule has 1 saturated heterocycles. The van der Waals surface area contributed by atoms with E-state index in [0.29, 0.717) is 26.1 Å². The maximum Gasteiger partial charge on any atom is 0.226 e. The molecule has 3 atom stereocenters. The standard InChI is InChI=1S/C29H41N3O2S/c1-4-6-10-23(5-2)29(34)32-19-18-31(21-22(32)3)27(33)14-17-30-16-13-26-25(15-20-35-26)28(30)24-11-8-7-9-12-24/h7-9,11-12,15,20,22-23,28H,4-6,10,13-14,16-19,21H2,1-3H3/t22-,23+,28-/m1/s1. The highest BCUT2D eigenvalue weighted by Crippen LogP contribution is 2.37. The van der Waals surface area contributed by atoms with E-state index in [4.69, 9.17) is 0 Å². The topological polar surface area (TPSA) is 43.9 Å². The molecule has 0 aliphatic carbocycles. The zero-order valence-corrected chi connectivity index (χ0v) is 22.4. The third-order valence-corrected chi connectivity index (χ3v) is 8.80. The molecule has 2 amide bonds. The van der Waals surface area contributed by atoms with Crippen LogP contribution in [0.1, 0.15) is 74.9 Å². The van der Waals surface area contributed by atoms with Crippen LogP contribution in [0.25, 0.3) is 0 Å². The number of unbranched alkanes of at least 4 members (excludes halogenated alkanes) is 1. The number of thiophene rings is 1. The van der Waals surface area contributed by atoms with Gasteiger partial charge in [0.15, 0.2) is 0 Å². The van der Waals surface area contributed by atoms with Gasteiger partial charge in [-0.1, -0.05) is 57.0 Å². The minimum Gasteiger partial charge on any atom is -0.339 e. The molecule has 3 heterocycles. The summed E-state index contributed by atoms with van der Waals surface area (Å²) in [6, 6.07) is 13.2. The maximum atomic E-state index is 13.2. The van der Waals surface area contributed by atoms with Crippen LogP contribution in [0.2, 0.25) is 0 Å². The number of amides is 2. The summed E-state index contributed by atoms with van der Waals surface area (Å²) in [5.41, 5.74) is 2.70. The molecule has 0 unspecified atom stereocenters. The number of hydrogen-bond donors (Lipinski definition) is 0. The van der Waals surface area contributed by atoms with Crippen LogP contribution in [0.4, 0.5) is 0 Å². The van der Waals surface area contributed by atoms with Crippen molar-refractivity contribution in [3.05, 3.63) is 57.8 Å². The normalized spacial score (nSPS) is 21.6. The van der Waals surface area contributed by atoms with Crippen LogP contribution in [-0.4, -0.2) is 65.3 Å². The van der Waals surface area contributed by atoms with Gasteiger partial charge >= 0.3 is 0 Å². The summed E-state index contributed by atoms with van der Waals surface area (Å²) in [4.78, 5) is 34.3. The molecule has 190 valence electrons.